The van der Waals surface area contributed by atoms with Gasteiger partial charge in [0.05, 0.1) is 38.1 Å². The number of hydrogen-bond acceptors (Lipinski definition) is 4. The molecule has 10 aromatic carbocycles. The van der Waals surface area contributed by atoms with Gasteiger partial charge in [0.2, 0.25) is 0 Å². The zero-order valence-electron chi connectivity index (χ0n) is 35.3. The molecule has 13 aromatic rings. The number of thiophene rings is 1. The number of rotatable bonds is 4. The van der Waals surface area contributed by atoms with Gasteiger partial charge >= 0.3 is 0 Å². The van der Waals surface area contributed by atoms with E-state index >= 15 is 0 Å². The number of ether oxygens (including phenoxy) is 2. The van der Waals surface area contributed by atoms with Gasteiger partial charge in [0.25, 0.3) is 0 Å². The van der Waals surface area contributed by atoms with Crippen LogP contribution in [0.5, 0.6) is 23.0 Å². The monoisotopic (exact) mass is 861 g/mol. The molecule has 0 saturated carbocycles. The number of hydrogen-bond donors (Lipinski definition) is 0. The Hall–Kier alpha value is -8.58. The van der Waals surface area contributed by atoms with Crippen molar-refractivity contribution in [2.24, 2.45) is 0 Å². The first-order valence-electron chi connectivity index (χ1n) is 22.3. The van der Waals surface area contributed by atoms with E-state index in [0.717, 1.165) is 83.8 Å². The SMILES string of the molecule is c1ccc(-n2c3ccccc3c3c(-c4ccc5c(c4)Oc4cc6c(sc7ccccc76)c6c4N5c4ccc(-c5cccc7c5c5ccccc5n7-c5ccccc5)cc4O6)cccc32)cc1. The Balaban J connectivity index is 0.939. The van der Waals surface area contributed by atoms with E-state index in [4.69, 9.17) is 9.47 Å². The Kier molecular flexibility index (Phi) is 7.31. The first kappa shape index (κ1) is 35.8. The Morgan fingerprint density at radius 1 is 0.364 bits per heavy atom. The van der Waals surface area contributed by atoms with Crippen LogP contribution in [0.1, 0.15) is 0 Å². The molecule has 0 saturated heterocycles. The van der Waals surface area contributed by atoms with Crippen molar-refractivity contribution in [2.45, 2.75) is 0 Å². The van der Waals surface area contributed by atoms with Gasteiger partial charge in [-0.25, -0.2) is 0 Å². The van der Waals surface area contributed by atoms with E-state index in [1.54, 1.807) is 11.3 Å². The molecule has 0 atom stereocenters. The molecule has 5 heterocycles. The van der Waals surface area contributed by atoms with Gasteiger partial charge in [-0.1, -0.05) is 127 Å². The molecule has 0 aliphatic carbocycles. The molecule has 308 valence electrons. The number of para-hydroxylation sites is 4. The topological polar surface area (TPSA) is 31.6 Å². The van der Waals surface area contributed by atoms with Crippen molar-refractivity contribution in [3.8, 4) is 56.6 Å². The third-order valence-corrected chi connectivity index (χ3v) is 14.9. The number of nitrogens with zero attached hydrogens (tertiary/aromatic N) is 3. The summed E-state index contributed by atoms with van der Waals surface area (Å²) in [5.74, 6) is 3.19. The van der Waals surface area contributed by atoms with Crippen molar-refractivity contribution in [3.05, 3.63) is 212 Å². The van der Waals surface area contributed by atoms with Crippen LogP contribution in [0, 0.1) is 0 Å². The summed E-state index contributed by atoms with van der Waals surface area (Å²) in [7, 11) is 0. The van der Waals surface area contributed by atoms with Crippen LogP contribution >= 0.6 is 11.3 Å². The van der Waals surface area contributed by atoms with Gasteiger partial charge in [-0.05, 0) is 107 Å². The molecule has 0 N–H and O–H groups in total. The average molecular weight is 862 g/mol. The summed E-state index contributed by atoms with van der Waals surface area (Å²) in [6.45, 7) is 0. The van der Waals surface area contributed by atoms with E-state index in [0.29, 0.717) is 0 Å². The lowest BCUT2D eigenvalue weighted by molar-refractivity contribution is 0.450. The zero-order chi connectivity index (χ0) is 43.0. The molecule has 0 bridgehead atoms. The maximum absolute atomic E-state index is 7.22. The van der Waals surface area contributed by atoms with Crippen LogP contribution in [0.4, 0.5) is 17.1 Å². The Bertz CT molecular complexity index is 4170. The van der Waals surface area contributed by atoms with Crippen LogP contribution in [0.15, 0.2) is 212 Å². The largest absolute Gasteiger partial charge is 0.453 e. The van der Waals surface area contributed by atoms with E-state index in [1.807, 2.05) is 0 Å². The Morgan fingerprint density at radius 3 is 1.45 bits per heavy atom. The first-order chi connectivity index (χ1) is 32.7. The second-order valence-electron chi connectivity index (χ2n) is 17.2. The van der Waals surface area contributed by atoms with Gasteiger partial charge in [0.1, 0.15) is 5.69 Å². The van der Waals surface area contributed by atoms with Gasteiger partial charge in [0, 0.05) is 48.4 Å². The fourth-order valence-corrected chi connectivity index (χ4v) is 12.1. The van der Waals surface area contributed by atoms with Gasteiger partial charge in [-0.2, -0.15) is 0 Å². The third kappa shape index (κ3) is 4.93. The Morgan fingerprint density at radius 2 is 0.864 bits per heavy atom. The molecule has 0 radical (unpaired) electrons. The number of anilines is 3. The molecule has 0 amide bonds. The molecule has 6 heteroatoms. The Labute approximate surface area is 382 Å². The quantitative estimate of drug-likeness (QED) is 0.177. The summed E-state index contributed by atoms with van der Waals surface area (Å²) in [5, 5.41) is 7.18. The molecule has 66 heavy (non-hydrogen) atoms. The third-order valence-electron chi connectivity index (χ3n) is 13.7. The summed E-state index contributed by atoms with van der Waals surface area (Å²) in [6.07, 6.45) is 0. The molecule has 2 aliphatic rings. The lowest BCUT2D eigenvalue weighted by Gasteiger charge is -2.38. The summed E-state index contributed by atoms with van der Waals surface area (Å²) in [6, 6.07) is 76.3. The molecule has 0 spiro atoms. The maximum Gasteiger partial charge on any atom is 0.173 e. The summed E-state index contributed by atoms with van der Waals surface area (Å²) >= 11 is 1.77. The number of benzene rings is 10. The molecule has 5 nitrogen and oxygen atoms in total. The minimum Gasteiger partial charge on any atom is -0.453 e. The minimum atomic E-state index is 0.776. The highest BCUT2D eigenvalue weighted by Crippen LogP contribution is 2.64. The van der Waals surface area contributed by atoms with Crippen molar-refractivity contribution < 1.29 is 9.47 Å². The fourth-order valence-electron chi connectivity index (χ4n) is 10.9. The zero-order valence-corrected chi connectivity index (χ0v) is 36.1. The van der Waals surface area contributed by atoms with Crippen LogP contribution in [0.25, 0.3) is 97.4 Å². The predicted molar refractivity (Wildman–Crippen MR) is 274 cm³/mol. The summed E-state index contributed by atoms with van der Waals surface area (Å²) in [5.41, 5.74) is 14.3. The predicted octanol–water partition coefficient (Wildman–Crippen LogP) is 17.3. The first-order valence-corrected chi connectivity index (χ1v) is 23.1. The van der Waals surface area contributed by atoms with E-state index in [2.05, 4.69) is 226 Å². The van der Waals surface area contributed by atoms with Gasteiger partial charge < -0.3 is 18.6 Å². The minimum absolute atomic E-state index is 0.776. The number of fused-ring (bicyclic) bond motifs is 14. The molecular formula is C60H35N3O2S. The van der Waals surface area contributed by atoms with Crippen molar-refractivity contribution in [1.82, 2.24) is 9.13 Å². The second kappa shape index (κ2) is 13.5. The molecule has 0 unspecified atom stereocenters. The molecule has 15 rings (SSSR count). The van der Waals surface area contributed by atoms with Gasteiger partial charge in [0.15, 0.2) is 23.0 Å². The van der Waals surface area contributed by atoms with Gasteiger partial charge in [-0.3, -0.25) is 4.90 Å². The van der Waals surface area contributed by atoms with Crippen molar-refractivity contribution in [3.63, 3.8) is 0 Å². The standard InChI is InChI=1S/C60H35N3O2S/c1-3-15-38(16-4-1)61-46-24-10-7-20-43(46)56-40(22-13-26-50(56)61)36-29-31-48-52(33-36)64-54-35-45-42-19-9-12-28-55(42)66-60(45)59-58(54)63(48)49-32-30-37(34-53(49)65-59)41-23-14-27-51-57(41)44-21-8-11-25-47(44)62(51)39-17-5-2-6-18-39/h1-35H. The normalized spacial score (nSPS) is 12.8. The lowest BCUT2D eigenvalue weighted by atomic mass is 9.96. The van der Waals surface area contributed by atoms with E-state index < -0.39 is 0 Å². The van der Waals surface area contributed by atoms with Crippen molar-refractivity contribution in [1.29, 1.82) is 0 Å². The fraction of sp³-hybridized carbons (Fsp3) is 0. The molecule has 2 aliphatic heterocycles. The maximum atomic E-state index is 7.22. The van der Waals surface area contributed by atoms with Gasteiger partial charge in [-0.15, -0.1) is 11.3 Å². The van der Waals surface area contributed by atoms with E-state index in [1.165, 1.54) is 53.7 Å². The second-order valence-corrected chi connectivity index (χ2v) is 18.3. The highest BCUT2D eigenvalue weighted by atomic mass is 32.1. The summed E-state index contributed by atoms with van der Waals surface area (Å²) < 4.78 is 21.4. The average Bonchev–Trinajstić information content (AvgIpc) is 4.04. The smallest absolute Gasteiger partial charge is 0.173 e. The highest BCUT2D eigenvalue weighted by Gasteiger charge is 2.37. The van der Waals surface area contributed by atoms with Crippen LogP contribution in [0.2, 0.25) is 0 Å². The molecule has 0 fully saturated rings. The van der Waals surface area contributed by atoms with Crippen LogP contribution in [0.3, 0.4) is 0 Å². The van der Waals surface area contributed by atoms with Crippen LogP contribution < -0.4 is 14.4 Å². The van der Waals surface area contributed by atoms with Crippen LogP contribution in [-0.4, -0.2) is 9.13 Å². The number of aromatic nitrogens is 2. The van der Waals surface area contributed by atoms with Crippen molar-refractivity contribution >= 4 is 92.2 Å². The molecule has 3 aromatic heterocycles. The lowest BCUT2D eigenvalue weighted by Crippen LogP contribution is -2.20. The van der Waals surface area contributed by atoms with Crippen molar-refractivity contribution in [2.75, 3.05) is 4.90 Å². The highest BCUT2D eigenvalue weighted by molar-refractivity contribution is 7.26. The summed E-state index contributed by atoms with van der Waals surface area (Å²) in [4.78, 5) is 2.36. The molecular weight excluding hydrogens is 827 g/mol. The van der Waals surface area contributed by atoms with E-state index in [-0.39, 0.29) is 0 Å². The van der Waals surface area contributed by atoms with Crippen LogP contribution in [-0.2, 0) is 0 Å². The van der Waals surface area contributed by atoms with E-state index in [9.17, 15) is 0 Å².